The van der Waals surface area contributed by atoms with Gasteiger partial charge in [-0.15, -0.1) is 0 Å². The number of imide groups is 1. The van der Waals surface area contributed by atoms with Crippen LogP contribution in [0.1, 0.15) is 24.8 Å². The van der Waals surface area contributed by atoms with Crippen LogP contribution >= 0.6 is 0 Å². The number of nitrogens with one attached hydrogen (secondary N) is 2. The summed E-state index contributed by atoms with van der Waals surface area (Å²) in [6.07, 6.45) is 1.85. The van der Waals surface area contributed by atoms with E-state index in [2.05, 4.69) is 10.6 Å². The second-order valence-corrected chi connectivity index (χ2v) is 6.56. The molecule has 140 valence electrons. The van der Waals surface area contributed by atoms with E-state index in [-0.39, 0.29) is 11.8 Å². The Balaban J connectivity index is 1.54. The predicted molar refractivity (Wildman–Crippen MR) is 93.1 cm³/mol. The van der Waals surface area contributed by atoms with E-state index in [0.717, 1.165) is 5.56 Å². The Bertz CT molecular complexity index is 726. The highest BCUT2D eigenvalue weighted by Crippen LogP contribution is 2.29. The van der Waals surface area contributed by atoms with Gasteiger partial charge in [-0.2, -0.15) is 0 Å². The standard InChI is InChI=1S/C18H23N3O5/c1-25-13-5-3-12(11-14(13)26-2)4-6-15(22)21-9-7-18(8-10-21)16(23)19-17(24)20-18/h3,5,11H,4,6-10H2,1-2H3,(H2,19,20,23,24). The molecular formula is C18H23N3O5. The molecule has 0 atom stereocenters. The van der Waals surface area contributed by atoms with Gasteiger partial charge in [-0.3, -0.25) is 14.9 Å². The molecule has 2 saturated heterocycles. The molecule has 8 nitrogen and oxygen atoms in total. The Kier molecular flexibility index (Phi) is 5.01. The number of hydrogen-bond donors (Lipinski definition) is 2. The molecule has 1 spiro atoms. The van der Waals surface area contributed by atoms with Gasteiger partial charge in [0.2, 0.25) is 5.91 Å². The van der Waals surface area contributed by atoms with Crippen LogP contribution in [0.15, 0.2) is 18.2 Å². The second kappa shape index (κ2) is 7.23. The first-order valence-corrected chi connectivity index (χ1v) is 8.60. The molecular weight excluding hydrogens is 338 g/mol. The number of hydrogen-bond acceptors (Lipinski definition) is 5. The quantitative estimate of drug-likeness (QED) is 0.758. The third kappa shape index (κ3) is 3.44. The number of rotatable bonds is 5. The van der Waals surface area contributed by atoms with Gasteiger partial charge in [0.1, 0.15) is 5.54 Å². The highest BCUT2D eigenvalue weighted by Gasteiger charge is 2.48. The molecule has 0 aromatic heterocycles. The zero-order valence-electron chi connectivity index (χ0n) is 15.0. The number of aryl methyl sites for hydroxylation is 1. The molecule has 4 amide bonds. The minimum absolute atomic E-state index is 0.0411. The van der Waals surface area contributed by atoms with Crippen LogP contribution in [-0.4, -0.2) is 55.6 Å². The normalized spacial score (nSPS) is 18.5. The maximum absolute atomic E-state index is 12.5. The van der Waals surface area contributed by atoms with Crippen LogP contribution in [0.25, 0.3) is 0 Å². The molecule has 26 heavy (non-hydrogen) atoms. The third-order valence-corrected chi connectivity index (χ3v) is 5.06. The van der Waals surface area contributed by atoms with E-state index in [1.165, 1.54) is 0 Å². The number of urea groups is 1. The number of carbonyl (C=O) groups is 3. The average molecular weight is 361 g/mol. The molecule has 8 heteroatoms. The maximum atomic E-state index is 12.5. The summed E-state index contributed by atoms with van der Waals surface area (Å²) < 4.78 is 10.5. The van der Waals surface area contributed by atoms with Gasteiger partial charge in [0.25, 0.3) is 5.91 Å². The summed E-state index contributed by atoms with van der Waals surface area (Å²) in [5, 5.41) is 4.97. The Morgan fingerprint density at radius 2 is 1.85 bits per heavy atom. The molecule has 2 heterocycles. The van der Waals surface area contributed by atoms with Crippen molar-refractivity contribution in [3.8, 4) is 11.5 Å². The van der Waals surface area contributed by atoms with Gasteiger partial charge in [0, 0.05) is 19.5 Å². The monoisotopic (exact) mass is 361 g/mol. The highest BCUT2D eigenvalue weighted by atomic mass is 16.5. The van der Waals surface area contributed by atoms with Gasteiger partial charge in [-0.05, 0) is 37.0 Å². The van der Waals surface area contributed by atoms with Crippen LogP contribution in [0.2, 0.25) is 0 Å². The number of carbonyl (C=O) groups excluding carboxylic acids is 3. The van der Waals surface area contributed by atoms with Crippen molar-refractivity contribution >= 4 is 17.8 Å². The van der Waals surface area contributed by atoms with Crippen LogP contribution in [0.3, 0.4) is 0 Å². The van der Waals surface area contributed by atoms with E-state index in [4.69, 9.17) is 9.47 Å². The lowest BCUT2D eigenvalue weighted by Gasteiger charge is -2.37. The van der Waals surface area contributed by atoms with Crippen LogP contribution < -0.4 is 20.1 Å². The molecule has 0 unspecified atom stereocenters. The van der Waals surface area contributed by atoms with Crippen molar-refractivity contribution in [2.45, 2.75) is 31.2 Å². The topological polar surface area (TPSA) is 97.0 Å². The lowest BCUT2D eigenvalue weighted by Crippen LogP contribution is -2.55. The predicted octanol–water partition coefficient (Wildman–Crippen LogP) is 0.837. The van der Waals surface area contributed by atoms with Crippen molar-refractivity contribution in [1.82, 2.24) is 15.5 Å². The lowest BCUT2D eigenvalue weighted by molar-refractivity contribution is -0.135. The van der Waals surface area contributed by atoms with E-state index in [9.17, 15) is 14.4 Å². The number of amides is 4. The molecule has 0 bridgehead atoms. The Labute approximate surface area is 151 Å². The van der Waals surface area contributed by atoms with Crippen LogP contribution in [0.5, 0.6) is 11.5 Å². The largest absolute Gasteiger partial charge is 0.493 e. The molecule has 1 aromatic rings. The summed E-state index contributed by atoms with van der Waals surface area (Å²) in [6, 6.07) is 5.15. The summed E-state index contributed by atoms with van der Waals surface area (Å²) in [7, 11) is 3.16. The van der Waals surface area contributed by atoms with E-state index in [0.29, 0.717) is 50.3 Å². The van der Waals surface area contributed by atoms with Crippen molar-refractivity contribution in [2.24, 2.45) is 0 Å². The molecule has 0 radical (unpaired) electrons. The summed E-state index contributed by atoms with van der Waals surface area (Å²) in [5.41, 5.74) is 0.143. The van der Waals surface area contributed by atoms with Gasteiger partial charge in [0.15, 0.2) is 11.5 Å². The first-order chi connectivity index (χ1) is 12.5. The third-order valence-electron chi connectivity index (χ3n) is 5.06. The number of methoxy groups -OCH3 is 2. The Morgan fingerprint density at radius 3 is 2.42 bits per heavy atom. The maximum Gasteiger partial charge on any atom is 0.322 e. The summed E-state index contributed by atoms with van der Waals surface area (Å²) in [5.74, 6) is 1.04. The van der Waals surface area contributed by atoms with E-state index in [1.807, 2.05) is 18.2 Å². The zero-order chi connectivity index (χ0) is 18.7. The zero-order valence-corrected chi connectivity index (χ0v) is 15.0. The molecule has 0 saturated carbocycles. The van der Waals surface area contributed by atoms with Crippen LogP contribution in [0, 0.1) is 0 Å². The molecule has 2 aliphatic heterocycles. The van der Waals surface area contributed by atoms with Gasteiger partial charge >= 0.3 is 6.03 Å². The van der Waals surface area contributed by atoms with Crippen molar-refractivity contribution in [3.05, 3.63) is 23.8 Å². The summed E-state index contributed by atoms with van der Waals surface area (Å²) in [6.45, 7) is 0.914. The molecule has 3 rings (SSSR count). The first kappa shape index (κ1) is 18.0. The summed E-state index contributed by atoms with van der Waals surface area (Å²) >= 11 is 0. The Morgan fingerprint density at radius 1 is 1.15 bits per heavy atom. The average Bonchev–Trinajstić information content (AvgIpc) is 2.92. The first-order valence-electron chi connectivity index (χ1n) is 8.60. The van der Waals surface area contributed by atoms with E-state index >= 15 is 0 Å². The second-order valence-electron chi connectivity index (χ2n) is 6.56. The van der Waals surface area contributed by atoms with Crippen molar-refractivity contribution in [3.63, 3.8) is 0 Å². The number of likely N-dealkylation sites (tertiary alicyclic amines) is 1. The van der Waals surface area contributed by atoms with Gasteiger partial charge < -0.3 is 19.7 Å². The molecule has 2 N–H and O–H groups in total. The fourth-order valence-corrected chi connectivity index (χ4v) is 3.46. The van der Waals surface area contributed by atoms with Crippen molar-refractivity contribution < 1.29 is 23.9 Å². The lowest BCUT2D eigenvalue weighted by atomic mass is 9.87. The minimum Gasteiger partial charge on any atom is -0.493 e. The SMILES string of the molecule is COc1ccc(CCC(=O)N2CCC3(CC2)NC(=O)NC3=O)cc1OC. The van der Waals surface area contributed by atoms with Crippen molar-refractivity contribution in [2.75, 3.05) is 27.3 Å². The molecule has 2 fully saturated rings. The molecule has 2 aliphatic rings. The number of benzene rings is 1. The number of nitrogens with zero attached hydrogens (tertiary/aromatic N) is 1. The van der Waals surface area contributed by atoms with Gasteiger partial charge in [0.05, 0.1) is 14.2 Å². The molecule has 1 aromatic carbocycles. The summed E-state index contributed by atoms with van der Waals surface area (Å²) in [4.78, 5) is 37.5. The van der Waals surface area contributed by atoms with Crippen molar-refractivity contribution in [1.29, 1.82) is 0 Å². The Hall–Kier alpha value is -2.77. The minimum atomic E-state index is -0.850. The smallest absolute Gasteiger partial charge is 0.322 e. The fourth-order valence-electron chi connectivity index (χ4n) is 3.46. The molecule has 0 aliphatic carbocycles. The van der Waals surface area contributed by atoms with E-state index < -0.39 is 11.6 Å². The fraction of sp³-hybridized carbons (Fsp3) is 0.500. The van der Waals surface area contributed by atoms with Crippen LogP contribution in [-0.2, 0) is 16.0 Å². The number of ether oxygens (including phenoxy) is 2. The van der Waals surface area contributed by atoms with Crippen LogP contribution in [0.4, 0.5) is 4.79 Å². The number of piperidine rings is 1. The van der Waals surface area contributed by atoms with Gasteiger partial charge in [-0.1, -0.05) is 6.07 Å². The highest BCUT2D eigenvalue weighted by molar-refractivity contribution is 6.07. The van der Waals surface area contributed by atoms with E-state index in [1.54, 1.807) is 19.1 Å². The van der Waals surface area contributed by atoms with Gasteiger partial charge in [-0.25, -0.2) is 4.79 Å².